The van der Waals surface area contributed by atoms with Crippen LogP contribution < -0.4 is 10.2 Å². The van der Waals surface area contributed by atoms with Crippen molar-refractivity contribution in [1.29, 1.82) is 0 Å². The first-order chi connectivity index (χ1) is 36.2. The standard InChI is InChI=1S/2C25H38O4.2C8H17.Sn/c2*1-2-3-4-5-6-7-8-9-10-11-12-13-14-15-18-21-29-25(28)23-20-17-16-19-22(23)24(26)27;2*1-3-5-7-8-6-4-2;/h2*16-21H,2-15H2,1H3,(H,26,27);2*1,3-8H2,2H3;/q;;;;+2/p-2/b2*21-18+;;;. The Kier molecular flexibility index (Phi) is 62.1. The van der Waals surface area contributed by atoms with E-state index < -0.39 is 23.9 Å². The summed E-state index contributed by atoms with van der Waals surface area (Å²) >= 11 is 0. The number of aromatic carboxylic acids is 2. The third-order valence-corrected chi connectivity index (χ3v) is 12.9. The maximum absolute atomic E-state index is 12.0. The second-order valence-electron chi connectivity index (χ2n) is 19.8. The van der Waals surface area contributed by atoms with Gasteiger partial charge in [-0.3, -0.25) is 0 Å². The Morgan fingerprint density at radius 2 is 0.573 bits per heavy atom. The zero-order valence-electron chi connectivity index (χ0n) is 48.4. The average Bonchev–Trinajstić information content (AvgIpc) is 3.41. The summed E-state index contributed by atoms with van der Waals surface area (Å²) in [6, 6.07) is 11.8. The van der Waals surface area contributed by atoms with Crippen molar-refractivity contribution in [3.63, 3.8) is 0 Å². The second-order valence-corrected chi connectivity index (χ2v) is 19.8. The normalized spacial score (nSPS) is 10.6. The molecule has 2 aromatic carbocycles. The molecular weight excluding hydrogens is 1040 g/mol. The van der Waals surface area contributed by atoms with E-state index in [0.29, 0.717) is 0 Å². The minimum atomic E-state index is -1.38. The Bertz CT molecular complexity index is 1510. The number of esters is 2. The number of carboxylic acids is 2. The van der Waals surface area contributed by atoms with Crippen LogP contribution in [-0.4, -0.2) is 47.8 Å². The smallest absolute Gasteiger partial charge is 0.545 e. The Hall–Kier alpha value is -3.40. The molecule has 2 rings (SSSR count). The van der Waals surface area contributed by atoms with Gasteiger partial charge in [-0.25, -0.2) is 9.59 Å². The van der Waals surface area contributed by atoms with Gasteiger partial charge in [-0.2, -0.15) is 0 Å². The molecule has 0 aliphatic rings. The van der Waals surface area contributed by atoms with Gasteiger partial charge in [0.25, 0.3) is 0 Å². The van der Waals surface area contributed by atoms with E-state index in [1.807, 2.05) is 12.2 Å². The summed E-state index contributed by atoms with van der Waals surface area (Å²) in [5, 5.41) is 22.0. The molecule has 0 N–H and O–H groups in total. The Labute approximate surface area is 477 Å². The fourth-order valence-electron chi connectivity index (χ4n) is 8.28. The molecule has 0 spiro atoms. The Balaban J connectivity index is -0.00000106. The van der Waals surface area contributed by atoms with Crippen molar-refractivity contribution in [2.45, 2.75) is 285 Å². The van der Waals surface area contributed by atoms with Crippen LogP contribution in [0.1, 0.15) is 326 Å². The van der Waals surface area contributed by atoms with Crippen LogP contribution in [0, 0.1) is 13.8 Å². The number of benzene rings is 2. The van der Waals surface area contributed by atoms with Gasteiger partial charge in [0.15, 0.2) is 0 Å². The summed E-state index contributed by atoms with van der Waals surface area (Å²) < 4.78 is 10.0. The van der Waals surface area contributed by atoms with E-state index in [0.717, 1.165) is 38.5 Å². The summed E-state index contributed by atoms with van der Waals surface area (Å²) in [5.74, 6) is -4.11. The van der Waals surface area contributed by atoms with Crippen LogP contribution in [0.15, 0.2) is 73.2 Å². The number of hydrogen-bond acceptors (Lipinski definition) is 8. The van der Waals surface area contributed by atoms with Crippen molar-refractivity contribution < 1.29 is 38.9 Å². The van der Waals surface area contributed by atoms with Crippen LogP contribution in [0.2, 0.25) is 0 Å². The quantitative estimate of drug-likeness (QED) is 0.0277. The largest absolute Gasteiger partial charge is 2.00 e. The van der Waals surface area contributed by atoms with Gasteiger partial charge in [-0.15, -0.1) is 0 Å². The van der Waals surface area contributed by atoms with E-state index in [9.17, 15) is 29.4 Å². The molecule has 0 aliphatic heterocycles. The van der Waals surface area contributed by atoms with Gasteiger partial charge in [0, 0.05) is 11.1 Å². The van der Waals surface area contributed by atoms with Crippen molar-refractivity contribution >= 4 is 47.8 Å². The SMILES string of the molecule is CCCCCCCCCCCCCCC/C=C/OC(=O)c1ccccc1C(=O)[O-].CCCCCCCCCCCCCCC/C=C/OC(=O)c1ccccc1C(=O)[O-].[CH2]CCCCCCC.[CH2]CCCCCCC.[Sn+2]. The van der Waals surface area contributed by atoms with Crippen LogP contribution in [0.5, 0.6) is 0 Å². The molecule has 0 unspecified atom stereocenters. The molecule has 0 amide bonds. The van der Waals surface area contributed by atoms with E-state index in [1.165, 1.54) is 255 Å². The van der Waals surface area contributed by atoms with Crippen LogP contribution in [0.4, 0.5) is 0 Å². The Morgan fingerprint density at radius 1 is 0.360 bits per heavy atom. The van der Waals surface area contributed by atoms with Gasteiger partial charge in [0.1, 0.15) is 0 Å². The van der Waals surface area contributed by atoms with Crippen molar-refractivity contribution in [3.8, 4) is 0 Å². The summed E-state index contributed by atoms with van der Waals surface area (Å²) in [5.41, 5.74) is -0.277. The van der Waals surface area contributed by atoms with Crippen molar-refractivity contribution in [3.05, 3.63) is 109 Å². The fraction of sp³-hybridized carbons (Fsp3) is 0.667. The third-order valence-electron chi connectivity index (χ3n) is 12.9. The topological polar surface area (TPSA) is 133 Å². The number of allylic oxidation sites excluding steroid dienone is 2. The van der Waals surface area contributed by atoms with Crippen molar-refractivity contribution in [2.75, 3.05) is 0 Å². The Morgan fingerprint density at radius 3 is 0.800 bits per heavy atom. The molecule has 0 bridgehead atoms. The first-order valence-corrected chi connectivity index (χ1v) is 30.1. The van der Waals surface area contributed by atoms with E-state index in [1.54, 1.807) is 24.3 Å². The molecule has 2 aromatic rings. The van der Waals surface area contributed by atoms with E-state index >= 15 is 0 Å². The van der Waals surface area contributed by atoms with Gasteiger partial charge in [0.05, 0.1) is 35.6 Å². The molecule has 0 fully saturated rings. The number of hydrogen-bond donors (Lipinski definition) is 0. The summed E-state index contributed by atoms with van der Waals surface area (Å²) in [6.07, 6.45) is 58.3. The minimum absolute atomic E-state index is 0. The summed E-state index contributed by atoms with van der Waals surface area (Å²) in [4.78, 5) is 45.9. The van der Waals surface area contributed by atoms with E-state index in [4.69, 9.17) is 9.47 Å². The summed E-state index contributed by atoms with van der Waals surface area (Å²) in [7, 11) is 0. The van der Waals surface area contributed by atoms with Crippen molar-refractivity contribution in [2.24, 2.45) is 0 Å². The zero-order chi connectivity index (χ0) is 54.8. The maximum Gasteiger partial charge on any atom is 2.00 e. The fourth-order valence-corrected chi connectivity index (χ4v) is 8.28. The number of carbonyl (C=O) groups excluding carboxylic acids is 4. The molecule has 75 heavy (non-hydrogen) atoms. The van der Waals surface area contributed by atoms with Crippen LogP contribution in [0.25, 0.3) is 0 Å². The zero-order valence-corrected chi connectivity index (χ0v) is 51.2. The summed E-state index contributed by atoms with van der Waals surface area (Å²) in [6.45, 7) is 16.6. The van der Waals surface area contributed by atoms with E-state index in [-0.39, 0.29) is 46.2 Å². The number of carboxylic acid groups (broad SMARTS) is 2. The molecule has 0 aliphatic carbocycles. The van der Waals surface area contributed by atoms with E-state index in [2.05, 4.69) is 41.5 Å². The molecule has 0 saturated carbocycles. The van der Waals surface area contributed by atoms with Crippen LogP contribution >= 0.6 is 0 Å². The van der Waals surface area contributed by atoms with Crippen LogP contribution in [0.3, 0.4) is 0 Å². The molecule has 0 atom stereocenters. The predicted molar refractivity (Wildman–Crippen MR) is 315 cm³/mol. The van der Waals surface area contributed by atoms with Gasteiger partial charge in [-0.05, 0) is 50.0 Å². The van der Waals surface area contributed by atoms with Gasteiger partial charge < -0.3 is 29.3 Å². The molecule has 9 heteroatoms. The second kappa shape index (κ2) is 61.5. The molecule has 0 aromatic heterocycles. The number of ether oxygens (including phenoxy) is 2. The van der Waals surface area contributed by atoms with Gasteiger partial charge >= 0.3 is 35.8 Å². The molecule has 4 radical (unpaired) electrons. The maximum atomic E-state index is 12.0. The molecular formula is C66H108O8Sn. The molecule has 424 valence electrons. The minimum Gasteiger partial charge on any atom is -0.545 e. The number of rotatable bonds is 44. The molecule has 0 heterocycles. The van der Waals surface area contributed by atoms with Crippen LogP contribution in [-0.2, 0) is 9.47 Å². The third kappa shape index (κ3) is 51.1. The number of carbonyl (C=O) groups is 4. The monoisotopic (exact) mass is 1150 g/mol. The first kappa shape index (κ1) is 75.8. The molecule has 8 nitrogen and oxygen atoms in total. The van der Waals surface area contributed by atoms with Gasteiger partial charge in [0.2, 0.25) is 0 Å². The predicted octanol–water partition coefficient (Wildman–Crippen LogP) is 18.4. The molecule has 0 saturated heterocycles. The average molecular weight is 1150 g/mol. The van der Waals surface area contributed by atoms with Crippen molar-refractivity contribution in [1.82, 2.24) is 0 Å². The first-order valence-electron chi connectivity index (χ1n) is 30.1. The van der Waals surface area contributed by atoms with Gasteiger partial charge in [-0.1, -0.05) is 309 Å². The number of unbranched alkanes of at least 4 members (excludes halogenated alkanes) is 36.